The summed E-state index contributed by atoms with van der Waals surface area (Å²) in [5, 5.41) is 0. The molecule has 0 aromatic heterocycles. The normalized spacial score (nSPS) is 0. The van der Waals surface area contributed by atoms with E-state index in [4.69, 9.17) is 0 Å². The van der Waals surface area contributed by atoms with Gasteiger partial charge in [0.1, 0.15) is 0 Å². The van der Waals surface area contributed by atoms with Crippen LogP contribution in [0.3, 0.4) is 0 Å². The van der Waals surface area contributed by atoms with Crippen molar-refractivity contribution in [1.29, 1.82) is 0 Å². The quantitative estimate of drug-likeness (QED) is 0.365. The van der Waals surface area contributed by atoms with Gasteiger partial charge in [0.2, 0.25) is 0 Å². The smallest absolute Gasteiger partial charge is 0 e. The molecular formula is Cl4Co-4. The Hall–Kier alpha value is 1.67. The van der Waals surface area contributed by atoms with Gasteiger partial charge in [0, 0.05) is 16.8 Å². The third kappa shape index (κ3) is 27.4. The van der Waals surface area contributed by atoms with Crippen molar-refractivity contribution in [3.8, 4) is 0 Å². The molecule has 5 heavy (non-hydrogen) atoms. The molecule has 0 amide bonds. The second-order valence-electron chi connectivity index (χ2n) is 0. The summed E-state index contributed by atoms with van der Waals surface area (Å²) in [6, 6.07) is 0. The van der Waals surface area contributed by atoms with E-state index in [9.17, 15) is 0 Å². The van der Waals surface area contributed by atoms with Crippen molar-refractivity contribution in [2.45, 2.75) is 0 Å². The Morgan fingerprint density at radius 3 is 0.400 bits per heavy atom. The number of hydrogen-bond acceptors (Lipinski definition) is 0. The summed E-state index contributed by atoms with van der Waals surface area (Å²) in [7, 11) is 0. The molecule has 1 radical (unpaired) electrons. The van der Waals surface area contributed by atoms with Gasteiger partial charge in [-0.15, -0.1) is 0 Å². The second kappa shape index (κ2) is 44.4. The third-order valence-electron chi connectivity index (χ3n) is 0. The van der Waals surface area contributed by atoms with E-state index in [2.05, 4.69) is 0 Å². The van der Waals surface area contributed by atoms with Crippen LogP contribution in [0.4, 0.5) is 0 Å². The zero-order valence-electron chi connectivity index (χ0n) is 1.85. The van der Waals surface area contributed by atoms with Crippen molar-refractivity contribution in [3.05, 3.63) is 0 Å². The third-order valence-corrected chi connectivity index (χ3v) is 0. The van der Waals surface area contributed by atoms with Crippen LogP contribution in [0, 0.1) is 0 Å². The molecule has 0 aliphatic carbocycles. The number of rotatable bonds is 0. The van der Waals surface area contributed by atoms with E-state index in [1.807, 2.05) is 0 Å². The van der Waals surface area contributed by atoms with Gasteiger partial charge in [-0.05, 0) is 0 Å². The van der Waals surface area contributed by atoms with Crippen molar-refractivity contribution >= 4 is 0 Å². The molecule has 0 saturated carbocycles. The molecule has 0 N–H and O–H groups in total. The van der Waals surface area contributed by atoms with Crippen LogP contribution in [0.2, 0.25) is 0 Å². The van der Waals surface area contributed by atoms with E-state index in [0.29, 0.717) is 0 Å². The fraction of sp³-hybridized carbons (Fsp3) is 0. The molecule has 0 spiro atoms. The molecule has 0 nitrogen and oxygen atoms in total. The van der Waals surface area contributed by atoms with Crippen LogP contribution >= 0.6 is 0 Å². The van der Waals surface area contributed by atoms with E-state index in [0.717, 1.165) is 0 Å². The minimum atomic E-state index is 0. The molecule has 0 atom stereocenters. The molecule has 0 fully saturated rings. The predicted octanol–water partition coefficient (Wildman–Crippen LogP) is -12.0. The molecule has 0 aromatic carbocycles. The average molecular weight is 201 g/mol. The van der Waals surface area contributed by atoms with Gasteiger partial charge in [-0.25, -0.2) is 0 Å². The zero-order valence-corrected chi connectivity index (χ0v) is 5.91. The molecule has 0 saturated heterocycles. The SMILES string of the molecule is [Cl-].[Cl-].[Cl-].[Cl-].[Co]. The number of hydrogen-bond donors (Lipinski definition) is 0. The molecule has 0 aliphatic heterocycles. The van der Waals surface area contributed by atoms with E-state index < -0.39 is 0 Å². The maximum atomic E-state index is 0. The summed E-state index contributed by atoms with van der Waals surface area (Å²) in [5.74, 6) is 0. The molecule has 5 heteroatoms. The Morgan fingerprint density at radius 1 is 0.400 bits per heavy atom. The Labute approximate surface area is 66.3 Å². The average Bonchev–Trinajstić information content (AvgIpc) is 0. The summed E-state index contributed by atoms with van der Waals surface area (Å²) in [5.41, 5.74) is 0. The summed E-state index contributed by atoms with van der Waals surface area (Å²) in [4.78, 5) is 0. The second-order valence-corrected chi connectivity index (χ2v) is 0. The van der Waals surface area contributed by atoms with Gasteiger partial charge in [0.15, 0.2) is 0 Å². The Morgan fingerprint density at radius 2 is 0.400 bits per heavy atom. The first kappa shape index (κ1) is 77.1. The van der Waals surface area contributed by atoms with Crippen molar-refractivity contribution < 1.29 is 66.4 Å². The topological polar surface area (TPSA) is 0 Å². The van der Waals surface area contributed by atoms with E-state index in [1.54, 1.807) is 0 Å². The molecule has 0 unspecified atom stereocenters. The zero-order chi connectivity index (χ0) is 0. The minimum Gasteiger partial charge on any atom is -1.00 e. The van der Waals surface area contributed by atoms with Crippen LogP contribution in [0.1, 0.15) is 0 Å². The van der Waals surface area contributed by atoms with Gasteiger partial charge < -0.3 is 49.6 Å². The maximum Gasteiger partial charge on any atom is 0 e. The molecule has 41 valence electrons. The Kier molecular flexibility index (Phi) is 685. The summed E-state index contributed by atoms with van der Waals surface area (Å²) in [6.45, 7) is 0. The van der Waals surface area contributed by atoms with Gasteiger partial charge in [-0.3, -0.25) is 0 Å². The van der Waals surface area contributed by atoms with Crippen LogP contribution in [0.5, 0.6) is 0 Å². The van der Waals surface area contributed by atoms with Crippen LogP contribution in [-0.2, 0) is 16.8 Å². The van der Waals surface area contributed by atoms with Crippen LogP contribution in [0.25, 0.3) is 0 Å². The van der Waals surface area contributed by atoms with Gasteiger partial charge in [-0.1, -0.05) is 0 Å². The molecule has 0 heterocycles. The summed E-state index contributed by atoms with van der Waals surface area (Å²) >= 11 is 0. The Bertz CT molecular complexity index is 3.61. The fourth-order valence-electron chi connectivity index (χ4n) is 0. The van der Waals surface area contributed by atoms with Gasteiger partial charge in [-0.2, -0.15) is 0 Å². The van der Waals surface area contributed by atoms with Gasteiger partial charge in [0.05, 0.1) is 0 Å². The monoisotopic (exact) mass is 199 g/mol. The van der Waals surface area contributed by atoms with Crippen molar-refractivity contribution in [2.24, 2.45) is 0 Å². The molecular weight excluding hydrogens is 201 g/mol. The van der Waals surface area contributed by atoms with E-state index in [-0.39, 0.29) is 66.4 Å². The first-order valence-corrected chi connectivity index (χ1v) is 0. The standard InChI is InChI=1S/4ClH.Co/h4*1H;/p-4. The maximum absolute atomic E-state index is 0. The largest absolute Gasteiger partial charge is 1.00 e. The van der Waals surface area contributed by atoms with Gasteiger partial charge >= 0.3 is 0 Å². The van der Waals surface area contributed by atoms with Crippen LogP contribution in [0.15, 0.2) is 0 Å². The van der Waals surface area contributed by atoms with E-state index >= 15 is 0 Å². The van der Waals surface area contributed by atoms with E-state index in [1.165, 1.54) is 0 Å². The van der Waals surface area contributed by atoms with Crippen molar-refractivity contribution in [1.82, 2.24) is 0 Å². The van der Waals surface area contributed by atoms with Crippen LogP contribution < -0.4 is 49.6 Å². The minimum absolute atomic E-state index is 0. The van der Waals surface area contributed by atoms with Crippen LogP contribution in [-0.4, -0.2) is 0 Å². The summed E-state index contributed by atoms with van der Waals surface area (Å²) in [6.07, 6.45) is 0. The molecule has 0 rings (SSSR count). The molecule has 0 aliphatic rings. The predicted molar refractivity (Wildman–Crippen MR) is 0 cm³/mol. The van der Waals surface area contributed by atoms with Gasteiger partial charge in [0.25, 0.3) is 0 Å². The first-order chi connectivity index (χ1) is 0. The Balaban J connectivity index is 0. The van der Waals surface area contributed by atoms with Crippen molar-refractivity contribution in [3.63, 3.8) is 0 Å². The molecule has 0 bridgehead atoms. The van der Waals surface area contributed by atoms with Crippen molar-refractivity contribution in [2.75, 3.05) is 0 Å². The first-order valence-electron chi connectivity index (χ1n) is 0. The fourth-order valence-corrected chi connectivity index (χ4v) is 0. The molecule has 0 aromatic rings. The summed E-state index contributed by atoms with van der Waals surface area (Å²) < 4.78 is 0. The number of halogens is 4.